The lowest BCUT2D eigenvalue weighted by molar-refractivity contribution is -0.155. The van der Waals surface area contributed by atoms with Gasteiger partial charge in [0.15, 0.2) is 5.82 Å². The van der Waals surface area contributed by atoms with Crippen LogP contribution in [0.4, 0.5) is 5.82 Å². The summed E-state index contributed by atoms with van der Waals surface area (Å²) in [5.41, 5.74) is 4.53. The van der Waals surface area contributed by atoms with E-state index in [0.29, 0.717) is 18.4 Å². The van der Waals surface area contributed by atoms with Crippen molar-refractivity contribution in [2.24, 2.45) is 5.92 Å². The van der Waals surface area contributed by atoms with Gasteiger partial charge in [0, 0.05) is 7.11 Å². The lowest BCUT2D eigenvalue weighted by Crippen LogP contribution is -2.41. The molecular formula is C19H23N5O6. The minimum Gasteiger partial charge on any atom is -0.463 e. The van der Waals surface area contributed by atoms with Crippen molar-refractivity contribution in [3.05, 3.63) is 24.2 Å². The molecule has 1 aliphatic heterocycles. The molecule has 4 rings (SSSR count). The first kappa shape index (κ1) is 20.5. The van der Waals surface area contributed by atoms with Crippen LogP contribution in [0.2, 0.25) is 0 Å². The van der Waals surface area contributed by atoms with Crippen molar-refractivity contribution in [2.75, 3.05) is 19.5 Å². The monoisotopic (exact) mass is 417 g/mol. The molecular weight excluding hydrogens is 394 g/mol. The Balaban J connectivity index is 1.52. The maximum Gasteiger partial charge on any atom is 0.309 e. The second kappa shape index (κ2) is 7.81. The fourth-order valence-corrected chi connectivity index (χ4v) is 4.20. The molecule has 0 amide bonds. The van der Waals surface area contributed by atoms with Gasteiger partial charge in [-0.3, -0.25) is 4.79 Å². The van der Waals surface area contributed by atoms with E-state index in [1.807, 2.05) is 6.07 Å². The van der Waals surface area contributed by atoms with Crippen LogP contribution in [0.3, 0.4) is 0 Å². The van der Waals surface area contributed by atoms with Gasteiger partial charge in [0.2, 0.25) is 5.60 Å². The smallest absolute Gasteiger partial charge is 0.309 e. The second-order valence-electron chi connectivity index (χ2n) is 7.60. The third kappa shape index (κ3) is 3.18. The minimum absolute atomic E-state index is 0.0287. The number of carbonyl (C=O) groups excluding carboxylic acids is 1. The number of esters is 1. The molecule has 0 radical (unpaired) electrons. The van der Waals surface area contributed by atoms with Crippen LogP contribution in [0.15, 0.2) is 18.5 Å². The van der Waals surface area contributed by atoms with E-state index in [1.165, 1.54) is 16.9 Å². The summed E-state index contributed by atoms with van der Waals surface area (Å²) >= 11 is 0. The number of aliphatic hydroxyl groups excluding tert-OH is 2. The van der Waals surface area contributed by atoms with E-state index in [4.69, 9.17) is 19.9 Å². The molecule has 4 N–H and O–H groups in total. The molecule has 2 unspecified atom stereocenters. The van der Waals surface area contributed by atoms with Gasteiger partial charge in [0.1, 0.15) is 42.8 Å². The number of methoxy groups -OCH3 is 1. The molecule has 0 bridgehead atoms. The summed E-state index contributed by atoms with van der Waals surface area (Å²) in [7, 11) is 1.60. The zero-order chi connectivity index (χ0) is 21.5. The fraction of sp³-hybridized carbons (Fsp3) is 0.579. The van der Waals surface area contributed by atoms with Gasteiger partial charge in [0.25, 0.3) is 0 Å². The molecule has 160 valence electrons. The lowest BCUT2D eigenvalue weighted by atomic mass is 9.92. The highest BCUT2D eigenvalue weighted by Crippen LogP contribution is 2.40. The van der Waals surface area contributed by atoms with Gasteiger partial charge in [-0.05, 0) is 31.4 Å². The molecule has 2 aromatic rings. The molecule has 6 atom stereocenters. The van der Waals surface area contributed by atoms with Gasteiger partial charge in [-0.1, -0.05) is 0 Å². The molecule has 2 aromatic heterocycles. The van der Waals surface area contributed by atoms with Crippen LogP contribution in [-0.4, -0.2) is 68.9 Å². The Bertz CT molecular complexity index is 989. The van der Waals surface area contributed by atoms with Crippen molar-refractivity contribution < 1.29 is 29.2 Å². The third-order valence-corrected chi connectivity index (χ3v) is 5.93. The number of anilines is 1. The van der Waals surface area contributed by atoms with Crippen molar-refractivity contribution >= 4 is 17.3 Å². The van der Waals surface area contributed by atoms with Gasteiger partial charge in [-0.25, -0.2) is 9.50 Å². The Labute approximate surface area is 172 Å². The molecule has 2 fully saturated rings. The maximum atomic E-state index is 12.3. The van der Waals surface area contributed by atoms with Crippen molar-refractivity contribution in [1.82, 2.24) is 14.6 Å². The topological polar surface area (TPSA) is 165 Å². The van der Waals surface area contributed by atoms with Crippen LogP contribution in [0.25, 0.3) is 5.52 Å². The van der Waals surface area contributed by atoms with Crippen LogP contribution in [0.5, 0.6) is 0 Å². The van der Waals surface area contributed by atoms with Crippen molar-refractivity contribution in [3.63, 3.8) is 0 Å². The minimum atomic E-state index is -1.92. The van der Waals surface area contributed by atoms with E-state index in [2.05, 4.69) is 10.1 Å². The summed E-state index contributed by atoms with van der Waals surface area (Å²) in [5.74, 6) is -0.509. The molecule has 11 heteroatoms. The average molecular weight is 417 g/mol. The number of nitriles is 1. The number of nitrogens with two attached hydrogens (primary N) is 1. The van der Waals surface area contributed by atoms with Crippen molar-refractivity contribution in [1.29, 1.82) is 5.26 Å². The van der Waals surface area contributed by atoms with E-state index in [1.54, 1.807) is 13.2 Å². The fourth-order valence-electron chi connectivity index (χ4n) is 4.20. The predicted molar refractivity (Wildman–Crippen MR) is 101 cm³/mol. The lowest BCUT2D eigenvalue weighted by Gasteiger charge is -2.24. The summed E-state index contributed by atoms with van der Waals surface area (Å²) in [4.78, 5) is 16.2. The zero-order valence-corrected chi connectivity index (χ0v) is 16.3. The number of carbonyl (C=O) groups is 1. The van der Waals surface area contributed by atoms with E-state index < -0.39 is 29.9 Å². The first-order valence-electron chi connectivity index (χ1n) is 9.64. The quantitative estimate of drug-likeness (QED) is 0.540. The average Bonchev–Trinajstić information content (AvgIpc) is 3.46. The molecule has 0 spiro atoms. The summed E-state index contributed by atoms with van der Waals surface area (Å²) in [6, 6.07) is 5.06. The highest BCUT2D eigenvalue weighted by molar-refractivity contribution is 5.73. The number of aliphatic hydroxyl groups is 2. The van der Waals surface area contributed by atoms with Gasteiger partial charge in [-0.15, -0.1) is 0 Å². The summed E-state index contributed by atoms with van der Waals surface area (Å²) in [6.45, 7) is -0.297. The number of ether oxygens (including phenoxy) is 3. The SMILES string of the molecule is COC1CCC(C(=O)OC[C@H]2O[C@@](C#N)(c3ccc4c(N)ncnn34)[C@H](O)[C@@H]2O)C1. The molecule has 30 heavy (non-hydrogen) atoms. The van der Waals surface area contributed by atoms with Crippen LogP contribution in [-0.2, 0) is 24.6 Å². The molecule has 1 aliphatic carbocycles. The number of aromatic nitrogens is 3. The van der Waals surface area contributed by atoms with Gasteiger partial charge >= 0.3 is 5.97 Å². The number of fused-ring (bicyclic) bond motifs is 1. The normalized spacial score (nSPS) is 33.6. The highest BCUT2D eigenvalue weighted by atomic mass is 16.6. The first-order chi connectivity index (χ1) is 14.4. The van der Waals surface area contributed by atoms with E-state index >= 15 is 0 Å². The van der Waals surface area contributed by atoms with Crippen LogP contribution in [0.1, 0.15) is 25.0 Å². The van der Waals surface area contributed by atoms with Gasteiger partial charge in [0.05, 0.1) is 17.7 Å². The maximum absolute atomic E-state index is 12.3. The van der Waals surface area contributed by atoms with Crippen molar-refractivity contribution in [2.45, 2.75) is 49.3 Å². The second-order valence-corrected chi connectivity index (χ2v) is 7.60. The standard InChI is InChI=1S/C19H23N5O6/c1-28-11-3-2-10(6-11)18(27)29-7-13-15(25)16(26)19(8-20,30-13)14-5-4-12-17(21)22-9-23-24(12)14/h4-5,9-11,13,15-16,25-26H,2-3,6-7H2,1H3,(H2,21,22,23)/t10?,11?,13-,15-,16-,19+/m1/s1. The summed E-state index contributed by atoms with van der Waals surface area (Å²) in [5, 5.41) is 35.1. The number of rotatable bonds is 5. The predicted octanol–water partition coefficient (Wildman–Crippen LogP) is -0.491. The number of hydrogen-bond acceptors (Lipinski definition) is 10. The Morgan fingerprint density at radius 1 is 1.47 bits per heavy atom. The Kier molecular flexibility index (Phi) is 5.33. The molecule has 1 saturated heterocycles. The molecule has 3 heterocycles. The van der Waals surface area contributed by atoms with Gasteiger partial charge in [-0.2, -0.15) is 10.4 Å². The van der Waals surface area contributed by atoms with Gasteiger partial charge < -0.3 is 30.2 Å². The summed E-state index contributed by atoms with van der Waals surface area (Å²) < 4.78 is 17.7. The largest absolute Gasteiger partial charge is 0.463 e. The molecule has 2 aliphatic rings. The number of nitrogens with zero attached hydrogens (tertiary/aromatic N) is 4. The Morgan fingerprint density at radius 3 is 2.97 bits per heavy atom. The van der Waals surface area contributed by atoms with E-state index in [0.717, 1.165) is 6.42 Å². The molecule has 1 saturated carbocycles. The zero-order valence-electron chi connectivity index (χ0n) is 16.3. The molecule has 0 aromatic carbocycles. The van der Waals surface area contributed by atoms with Crippen LogP contribution in [0, 0.1) is 17.2 Å². The van der Waals surface area contributed by atoms with Crippen LogP contribution < -0.4 is 5.73 Å². The van der Waals surface area contributed by atoms with E-state index in [9.17, 15) is 20.3 Å². The Hall–Kier alpha value is -2.78. The first-order valence-corrected chi connectivity index (χ1v) is 9.64. The van der Waals surface area contributed by atoms with Crippen molar-refractivity contribution in [3.8, 4) is 6.07 Å². The van der Waals surface area contributed by atoms with Crippen LogP contribution >= 0.6 is 0 Å². The number of hydrogen-bond donors (Lipinski definition) is 3. The molecule has 11 nitrogen and oxygen atoms in total. The Morgan fingerprint density at radius 2 is 2.27 bits per heavy atom. The third-order valence-electron chi connectivity index (χ3n) is 5.93. The summed E-state index contributed by atoms with van der Waals surface area (Å²) in [6.07, 6.45) is -0.875. The number of nitrogen functional groups attached to an aromatic ring is 1. The highest BCUT2D eigenvalue weighted by Gasteiger charge is 2.58. The van der Waals surface area contributed by atoms with E-state index in [-0.39, 0.29) is 30.1 Å².